The number of benzene rings is 1. The predicted octanol–water partition coefficient (Wildman–Crippen LogP) is 2.10. The smallest absolute Gasteiger partial charge is 0.274 e. The Morgan fingerprint density at radius 2 is 1.85 bits per heavy atom. The van der Waals surface area contributed by atoms with E-state index in [9.17, 15) is 4.79 Å². The van der Waals surface area contributed by atoms with Crippen LogP contribution in [0.15, 0.2) is 29.1 Å². The minimum Gasteiger partial charge on any atom is -0.351 e. The number of nitrogens with two attached hydrogens (primary N) is 1. The number of nitrogens with one attached hydrogen (secondary N) is 2. The van der Waals surface area contributed by atoms with Crippen LogP contribution in [0.4, 0.5) is 5.95 Å². The molecule has 0 unspecified atom stereocenters. The van der Waals surface area contributed by atoms with E-state index >= 15 is 0 Å². The molecular formula is C19H27ClN5O+. The van der Waals surface area contributed by atoms with E-state index in [4.69, 9.17) is 11.6 Å². The number of quaternary nitrogens is 1. The SMILES string of the molecule is CC1(C)CC(Nc2nnc(Cc3ccccc3Cl)c(=O)[nH]2)CC(C)(C)[NH2+]1. The Labute approximate surface area is 158 Å². The predicted molar refractivity (Wildman–Crippen MR) is 104 cm³/mol. The highest BCUT2D eigenvalue weighted by Crippen LogP contribution is 2.23. The molecule has 0 radical (unpaired) electrons. The average Bonchev–Trinajstić information content (AvgIpc) is 2.49. The number of H-pyrrole nitrogens is 1. The van der Waals surface area contributed by atoms with Crippen molar-refractivity contribution in [2.24, 2.45) is 0 Å². The molecule has 1 aliphatic rings. The Morgan fingerprint density at radius 3 is 2.46 bits per heavy atom. The number of aromatic nitrogens is 3. The zero-order valence-corrected chi connectivity index (χ0v) is 16.5. The van der Waals surface area contributed by atoms with E-state index in [0.29, 0.717) is 23.1 Å². The average molecular weight is 377 g/mol. The molecule has 0 spiro atoms. The van der Waals surface area contributed by atoms with Crippen molar-refractivity contribution < 1.29 is 5.32 Å². The van der Waals surface area contributed by atoms with Crippen LogP contribution >= 0.6 is 11.6 Å². The van der Waals surface area contributed by atoms with Crippen molar-refractivity contribution in [1.82, 2.24) is 15.2 Å². The van der Waals surface area contributed by atoms with Crippen LogP contribution < -0.4 is 16.2 Å². The number of aromatic amines is 1. The second-order valence-electron chi connectivity index (χ2n) is 8.59. The first kappa shape index (κ1) is 18.9. The third-order valence-electron chi connectivity index (χ3n) is 4.75. The van der Waals surface area contributed by atoms with E-state index in [-0.39, 0.29) is 22.7 Å². The lowest BCUT2D eigenvalue weighted by molar-refractivity contribution is -0.787. The largest absolute Gasteiger partial charge is 0.351 e. The fourth-order valence-electron chi connectivity index (χ4n) is 4.18. The molecule has 3 rings (SSSR count). The quantitative estimate of drug-likeness (QED) is 0.762. The first-order valence-corrected chi connectivity index (χ1v) is 9.34. The van der Waals surface area contributed by atoms with Crippen LogP contribution in [0.2, 0.25) is 5.02 Å². The number of rotatable bonds is 4. The Kier molecular flexibility index (Phi) is 5.08. The van der Waals surface area contributed by atoms with Gasteiger partial charge in [0.25, 0.3) is 5.56 Å². The fourth-order valence-corrected chi connectivity index (χ4v) is 4.38. The van der Waals surface area contributed by atoms with E-state index in [0.717, 1.165) is 18.4 Å². The molecule has 1 saturated heterocycles. The maximum atomic E-state index is 12.4. The van der Waals surface area contributed by atoms with Gasteiger partial charge in [0.2, 0.25) is 5.95 Å². The van der Waals surface area contributed by atoms with Gasteiger partial charge in [0.15, 0.2) is 0 Å². The van der Waals surface area contributed by atoms with Crippen LogP contribution in [-0.4, -0.2) is 32.3 Å². The van der Waals surface area contributed by atoms with E-state index in [1.54, 1.807) is 6.07 Å². The number of halogens is 1. The first-order valence-electron chi connectivity index (χ1n) is 8.96. The van der Waals surface area contributed by atoms with Crippen LogP contribution in [-0.2, 0) is 6.42 Å². The van der Waals surface area contributed by atoms with Crippen molar-refractivity contribution in [3.05, 3.63) is 50.9 Å². The summed E-state index contributed by atoms with van der Waals surface area (Å²) in [6.45, 7) is 8.96. The van der Waals surface area contributed by atoms with Crippen LogP contribution in [0, 0.1) is 0 Å². The molecule has 0 aliphatic carbocycles. The molecule has 0 atom stereocenters. The minimum absolute atomic E-state index is 0.136. The standard InChI is InChI=1S/C19H26ClN5O/c1-18(2)10-13(11-19(3,4)25-18)21-17-22-16(26)15(23-24-17)9-12-7-5-6-8-14(12)20/h5-8,13,25H,9-11H2,1-4H3,(H2,21,22,24,26)/p+1. The molecule has 1 aromatic carbocycles. The minimum atomic E-state index is -0.233. The van der Waals surface area contributed by atoms with Crippen LogP contribution in [0.5, 0.6) is 0 Å². The summed E-state index contributed by atoms with van der Waals surface area (Å²) < 4.78 is 0. The van der Waals surface area contributed by atoms with Gasteiger partial charge >= 0.3 is 0 Å². The Bertz CT molecular complexity index is 830. The molecule has 2 aromatic rings. The lowest BCUT2D eigenvalue weighted by atomic mass is 9.80. The van der Waals surface area contributed by atoms with Crippen LogP contribution in [0.25, 0.3) is 0 Å². The number of hydrogen-bond acceptors (Lipinski definition) is 4. The van der Waals surface area contributed by atoms with Crippen molar-refractivity contribution >= 4 is 17.5 Å². The molecular weight excluding hydrogens is 350 g/mol. The Balaban J connectivity index is 1.74. The fraction of sp³-hybridized carbons (Fsp3) is 0.526. The van der Waals surface area contributed by atoms with Crippen molar-refractivity contribution in [2.75, 3.05) is 5.32 Å². The van der Waals surface area contributed by atoms with Gasteiger partial charge < -0.3 is 10.6 Å². The molecule has 140 valence electrons. The van der Waals surface area contributed by atoms with Crippen molar-refractivity contribution in [2.45, 2.75) is 64.1 Å². The molecule has 0 bridgehead atoms. The molecule has 26 heavy (non-hydrogen) atoms. The van der Waals surface area contributed by atoms with Gasteiger partial charge in [0.1, 0.15) is 5.69 Å². The molecule has 1 aliphatic heterocycles. The first-order chi connectivity index (χ1) is 12.1. The summed E-state index contributed by atoms with van der Waals surface area (Å²) in [6.07, 6.45) is 2.34. The third kappa shape index (κ3) is 4.62. The molecule has 1 fully saturated rings. The monoisotopic (exact) mass is 376 g/mol. The van der Waals surface area contributed by atoms with Gasteiger partial charge in [-0.25, -0.2) is 0 Å². The highest BCUT2D eigenvalue weighted by atomic mass is 35.5. The molecule has 0 amide bonds. The molecule has 0 saturated carbocycles. The number of anilines is 1. The van der Waals surface area contributed by atoms with Gasteiger partial charge in [-0.2, -0.15) is 0 Å². The summed E-state index contributed by atoms with van der Waals surface area (Å²) >= 11 is 6.16. The maximum Gasteiger partial charge on any atom is 0.274 e. The summed E-state index contributed by atoms with van der Waals surface area (Å²) in [5.74, 6) is 0.427. The number of hydrogen-bond donors (Lipinski definition) is 3. The van der Waals surface area contributed by atoms with Gasteiger partial charge in [-0.15, -0.1) is 10.2 Å². The van der Waals surface area contributed by atoms with Gasteiger partial charge in [-0.05, 0) is 39.3 Å². The molecule has 2 heterocycles. The lowest BCUT2D eigenvalue weighted by Gasteiger charge is -2.43. The molecule has 1 aromatic heterocycles. The van der Waals surface area contributed by atoms with Gasteiger partial charge in [-0.1, -0.05) is 29.8 Å². The van der Waals surface area contributed by atoms with Crippen molar-refractivity contribution in [3.63, 3.8) is 0 Å². The Hall–Kier alpha value is -1.92. The second kappa shape index (κ2) is 7.00. The number of nitrogens with zero attached hydrogens (tertiary/aromatic N) is 2. The maximum absolute atomic E-state index is 12.4. The summed E-state index contributed by atoms with van der Waals surface area (Å²) in [4.78, 5) is 15.2. The van der Waals surface area contributed by atoms with E-state index in [2.05, 4.69) is 53.5 Å². The zero-order valence-electron chi connectivity index (χ0n) is 15.8. The summed E-state index contributed by atoms with van der Waals surface area (Å²) in [6, 6.07) is 7.68. The van der Waals surface area contributed by atoms with Gasteiger partial charge in [-0.3, -0.25) is 9.78 Å². The molecule has 6 nitrogen and oxygen atoms in total. The Morgan fingerprint density at radius 1 is 1.19 bits per heavy atom. The topological polar surface area (TPSA) is 87.3 Å². The van der Waals surface area contributed by atoms with Crippen LogP contribution in [0.1, 0.15) is 51.8 Å². The highest BCUT2D eigenvalue weighted by Gasteiger charge is 2.41. The van der Waals surface area contributed by atoms with Crippen molar-refractivity contribution in [1.29, 1.82) is 0 Å². The summed E-state index contributed by atoms with van der Waals surface area (Å²) in [5.41, 5.74) is 1.26. The van der Waals surface area contributed by atoms with E-state index < -0.39 is 0 Å². The second-order valence-corrected chi connectivity index (χ2v) is 9.00. The third-order valence-corrected chi connectivity index (χ3v) is 5.12. The van der Waals surface area contributed by atoms with Gasteiger partial charge in [0, 0.05) is 30.3 Å². The molecule has 7 heteroatoms. The van der Waals surface area contributed by atoms with E-state index in [1.165, 1.54) is 0 Å². The summed E-state index contributed by atoms with van der Waals surface area (Å²) in [5, 5.41) is 14.7. The highest BCUT2D eigenvalue weighted by molar-refractivity contribution is 6.31. The van der Waals surface area contributed by atoms with Gasteiger partial charge in [0.05, 0.1) is 11.1 Å². The summed E-state index contributed by atoms with van der Waals surface area (Å²) in [7, 11) is 0. The zero-order chi connectivity index (χ0) is 18.9. The van der Waals surface area contributed by atoms with E-state index in [1.807, 2.05) is 18.2 Å². The van der Waals surface area contributed by atoms with Crippen molar-refractivity contribution in [3.8, 4) is 0 Å². The molecule has 4 N–H and O–H groups in total. The normalized spacial score (nSPS) is 19.3. The van der Waals surface area contributed by atoms with Crippen LogP contribution in [0.3, 0.4) is 0 Å². The number of piperidine rings is 1. The lowest BCUT2D eigenvalue weighted by Crippen LogP contribution is -3.06.